The molecule has 6 heteroatoms. The number of fused-ring (bicyclic) bond motifs is 1. The van der Waals surface area contributed by atoms with Gasteiger partial charge in [-0.25, -0.2) is 9.79 Å². The van der Waals surface area contributed by atoms with Gasteiger partial charge < -0.3 is 9.47 Å². The number of carbonyl (C=O) groups excluding carboxylic acids is 1. The first-order chi connectivity index (χ1) is 14.0. The van der Waals surface area contributed by atoms with Crippen LogP contribution in [0, 0.1) is 0 Å². The summed E-state index contributed by atoms with van der Waals surface area (Å²) in [7, 11) is 0. The summed E-state index contributed by atoms with van der Waals surface area (Å²) in [4.78, 5) is 16.8. The first kappa shape index (κ1) is 19.9. The number of hydrogen-bond donors (Lipinski definition) is 0. The first-order valence-corrected chi connectivity index (χ1v) is 10.8. The fourth-order valence-corrected chi connectivity index (χ4v) is 4.47. The average molecular weight is 515 g/mol. The number of nitrogens with zero attached hydrogens (tertiary/aromatic N) is 1. The van der Waals surface area contributed by atoms with E-state index < -0.39 is 5.97 Å². The van der Waals surface area contributed by atoms with Crippen molar-refractivity contribution in [2.45, 2.75) is 13.3 Å². The summed E-state index contributed by atoms with van der Waals surface area (Å²) in [5.41, 5.74) is 1.84. The van der Waals surface area contributed by atoms with E-state index in [1.54, 1.807) is 6.08 Å². The van der Waals surface area contributed by atoms with Crippen LogP contribution in [0.15, 0.2) is 74.2 Å². The Morgan fingerprint density at radius 3 is 2.48 bits per heavy atom. The van der Waals surface area contributed by atoms with Crippen molar-refractivity contribution in [1.82, 2.24) is 0 Å². The van der Waals surface area contributed by atoms with Crippen LogP contribution < -0.4 is 4.74 Å². The molecular weight excluding hydrogens is 498 g/mol. The molecule has 3 aromatic carbocycles. The van der Waals surface area contributed by atoms with E-state index in [0.29, 0.717) is 12.5 Å². The second-order valence-electron chi connectivity index (χ2n) is 6.56. The molecule has 1 heterocycles. The minimum absolute atomic E-state index is 0.259. The van der Waals surface area contributed by atoms with Crippen molar-refractivity contribution < 1.29 is 14.3 Å². The molecule has 0 aromatic heterocycles. The maximum Gasteiger partial charge on any atom is 0.363 e. The van der Waals surface area contributed by atoms with Crippen molar-refractivity contribution >= 4 is 60.6 Å². The predicted molar refractivity (Wildman–Crippen MR) is 122 cm³/mol. The minimum Gasteiger partial charge on any atom is -0.491 e. The Bertz CT molecular complexity index is 1140. The highest BCUT2D eigenvalue weighted by Crippen LogP contribution is 2.36. The molecule has 4 nitrogen and oxygen atoms in total. The highest BCUT2D eigenvalue weighted by atomic mass is 79.9. The van der Waals surface area contributed by atoms with Gasteiger partial charge in [-0.3, -0.25) is 0 Å². The molecule has 1 aliphatic rings. The third kappa shape index (κ3) is 4.28. The third-order valence-electron chi connectivity index (χ3n) is 4.39. The molecule has 0 N–H and O–H groups in total. The average Bonchev–Trinajstić information content (AvgIpc) is 3.07. The summed E-state index contributed by atoms with van der Waals surface area (Å²) in [5, 5.41) is 2.19. The highest BCUT2D eigenvalue weighted by Gasteiger charge is 2.24. The molecule has 0 bridgehead atoms. The van der Waals surface area contributed by atoms with Crippen molar-refractivity contribution in [3.8, 4) is 5.75 Å². The van der Waals surface area contributed by atoms with Crippen molar-refractivity contribution in [3.63, 3.8) is 0 Å². The molecule has 0 aliphatic carbocycles. The molecule has 0 saturated heterocycles. The molecule has 0 radical (unpaired) electrons. The van der Waals surface area contributed by atoms with Gasteiger partial charge in [0.2, 0.25) is 5.90 Å². The number of hydrogen-bond acceptors (Lipinski definition) is 4. The third-order valence-corrected chi connectivity index (χ3v) is 5.57. The summed E-state index contributed by atoms with van der Waals surface area (Å²) < 4.78 is 12.8. The van der Waals surface area contributed by atoms with Gasteiger partial charge in [0.25, 0.3) is 0 Å². The van der Waals surface area contributed by atoms with Crippen molar-refractivity contribution in [2.75, 3.05) is 6.61 Å². The van der Waals surface area contributed by atoms with Crippen LogP contribution in [0.1, 0.15) is 24.5 Å². The second kappa shape index (κ2) is 8.51. The number of benzene rings is 3. The van der Waals surface area contributed by atoms with E-state index in [0.717, 1.165) is 43.0 Å². The van der Waals surface area contributed by atoms with Gasteiger partial charge in [0.05, 0.1) is 15.6 Å². The largest absolute Gasteiger partial charge is 0.491 e. The van der Waals surface area contributed by atoms with Crippen LogP contribution in [-0.4, -0.2) is 18.5 Å². The smallest absolute Gasteiger partial charge is 0.363 e. The number of aliphatic imine (C=N–C) groups is 1. The van der Waals surface area contributed by atoms with Crippen molar-refractivity contribution in [3.05, 3.63) is 80.4 Å². The van der Waals surface area contributed by atoms with Gasteiger partial charge in [0.15, 0.2) is 5.70 Å². The van der Waals surface area contributed by atoms with Crippen LogP contribution in [0.4, 0.5) is 0 Å². The van der Waals surface area contributed by atoms with Gasteiger partial charge in [0, 0.05) is 5.56 Å². The Hall–Kier alpha value is -2.44. The highest BCUT2D eigenvalue weighted by molar-refractivity contribution is 9.11. The lowest BCUT2D eigenvalue weighted by Gasteiger charge is -2.10. The number of rotatable bonds is 5. The molecule has 0 amide bonds. The summed E-state index contributed by atoms with van der Waals surface area (Å²) in [6, 6.07) is 17.7. The zero-order chi connectivity index (χ0) is 20.4. The van der Waals surface area contributed by atoms with Gasteiger partial charge in [-0.2, -0.15) is 0 Å². The van der Waals surface area contributed by atoms with Crippen LogP contribution in [-0.2, 0) is 9.53 Å². The summed E-state index contributed by atoms with van der Waals surface area (Å²) in [6.45, 7) is 2.68. The van der Waals surface area contributed by atoms with E-state index in [2.05, 4.69) is 43.8 Å². The molecule has 3 aromatic rings. The number of ether oxygens (including phenoxy) is 2. The Kier molecular flexibility index (Phi) is 5.83. The fraction of sp³-hybridized carbons (Fsp3) is 0.130. The van der Waals surface area contributed by atoms with Crippen LogP contribution in [0.3, 0.4) is 0 Å². The normalized spacial score (nSPS) is 14.9. The van der Waals surface area contributed by atoms with E-state index in [1.807, 2.05) is 54.6 Å². The van der Waals surface area contributed by atoms with Crippen LogP contribution >= 0.6 is 31.9 Å². The van der Waals surface area contributed by atoms with Gasteiger partial charge >= 0.3 is 5.97 Å². The zero-order valence-corrected chi connectivity index (χ0v) is 18.8. The quantitative estimate of drug-likeness (QED) is 0.288. The maximum absolute atomic E-state index is 12.4. The van der Waals surface area contributed by atoms with Crippen molar-refractivity contribution in [2.24, 2.45) is 4.99 Å². The molecular formula is C23H17Br2NO3. The lowest BCUT2D eigenvalue weighted by Crippen LogP contribution is -2.05. The molecule has 0 saturated carbocycles. The van der Waals surface area contributed by atoms with E-state index in [-0.39, 0.29) is 5.70 Å². The van der Waals surface area contributed by atoms with Gasteiger partial charge in [0.1, 0.15) is 5.75 Å². The monoisotopic (exact) mass is 513 g/mol. The SMILES string of the molecule is CCCOc1c(Br)cc(/C=C2\N=C(c3ccc4ccccc4c3)OC2=O)cc1Br. The number of halogens is 2. The van der Waals surface area contributed by atoms with E-state index in [1.165, 1.54) is 0 Å². The van der Waals surface area contributed by atoms with Crippen molar-refractivity contribution in [1.29, 1.82) is 0 Å². The Labute approximate surface area is 185 Å². The summed E-state index contributed by atoms with van der Waals surface area (Å²) in [5.74, 6) is 0.586. The number of esters is 1. The van der Waals surface area contributed by atoms with Crippen LogP contribution in [0.2, 0.25) is 0 Å². The topological polar surface area (TPSA) is 47.9 Å². The molecule has 0 fully saturated rings. The fourth-order valence-electron chi connectivity index (χ4n) is 3.02. The van der Waals surface area contributed by atoms with E-state index >= 15 is 0 Å². The lowest BCUT2D eigenvalue weighted by atomic mass is 10.1. The van der Waals surface area contributed by atoms with Crippen LogP contribution in [0.25, 0.3) is 16.8 Å². The number of cyclic esters (lactones) is 1. The molecule has 1 aliphatic heterocycles. The molecule has 4 rings (SSSR count). The van der Waals surface area contributed by atoms with Gasteiger partial charge in [-0.05, 0) is 85.0 Å². The molecule has 29 heavy (non-hydrogen) atoms. The van der Waals surface area contributed by atoms with E-state index in [9.17, 15) is 4.79 Å². The lowest BCUT2D eigenvalue weighted by molar-refractivity contribution is -0.129. The zero-order valence-electron chi connectivity index (χ0n) is 15.6. The molecule has 146 valence electrons. The summed E-state index contributed by atoms with van der Waals surface area (Å²) in [6.07, 6.45) is 2.62. The summed E-state index contributed by atoms with van der Waals surface area (Å²) >= 11 is 7.06. The minimum atomic E-state index is -0.466. The Balaban J connectivity index is 1.65. The molecule has 0 atom stereocenters. The molecule has 0 spiro atoms. The molecule has 0 unspecified atom stereocenters. The van der Waals surface area contributed by atoms with E-state index in [4.69, 9.17) is 9.47 Å². The Morgan fingerprint density at radius 2 is 1.76 bits per heavy atom. The van der Waals surface area contributed by atoms with Gasteiger partial charge in [-0.15, -0.1) is 0 Å². The predicted octanol–water partition coefficient (Wildman–Crippen LogP) is 6.50. The van der Waals surface area contributed by atoms with Gasteiger partial charge in [-0.1, -0.05) is 37.3 Å². The Morgan fingerprint density at radius 1 is 1.03 bits per heavy atom. The standard InChI is InChI=1S/C23H17Br2NO3/c1-2-9-28-21-18(24)10-14(11-19(21)25)12-20-23(27)29-22(26-20)17-8-7-15-5-3-4-6-16(15)13-17/h3-8,10-13H,2,9H2,1H3/b20-12-. The second-order valence-corrected chi connectivity index (χ2v) is 8.27. The first-order valence-electron chi connectivity index (χ1n) is 9.18. The maximum atomic E-state index is 12.4. The number of carbonyl (C=O) groups is 1. The van der Waals surface area contributed by atoms with Crippen LogP contribution in [0.5, 0.6) is 5.75 Å².